The summed E-state index contributed by atoms with van der Waals surface area (Å²) in [5.41, 5.74) is 4.98. The van der Waals surface area contributed by atoms with E-state index in [9.17, 15) is 4.79 Å². The molecule has 0 aromatic rings. The van der Waals surface area contributed by atoms with Gasteiger partial charge in [0, 0.05) is 6.42 Å². The molecule has 0 fully saturated rings. The lowest BCUT2D eigenvalue weighted by Gasteiger charge is -1.98. The van der Waals surface area contributed by atoms with Crippen molar-refractivity contribution in [3.8, 4) is 0 Å². The van der Waals surface area contributed by atoms with Gasteiger partial charge in [-0.1, -0.05) is 12.8 Å². The van der Waals surface area contributed by atoms with Crippen LogP contribution in [0.2, 0.25) is 0 Å². The fourth-order valence-corrected chi connectivity index (χ4v) is 0.955. The zero-order chi connectivity index (χ0) is 8.53. The van der Waals surface area contributed by atoms with Gasteiger partial charge >= 0.3 is 0 Å². The molecule has 0 atom stereocenters. The van der Waals surface area contributed by atoms with Crippen molar-refractivity contribution in [2.45, 2.75) is 32.1 Å². The highest BCUT2D eigenvalue weighted by molar-refractivity contribution is 5.73. The van der Waals surface area contributed by atoms with Crippen molar-refractivity contribution in [3.63, 3.8) is 0 Å². The van der Waals surface area contributed by atoms with E-state index in [1.54, 1.807) is 0 Å². The van der Waals surface area contributed by atoms with Gasteiger partial charge in [0.05, 0.1) is 0 Å². The first-order valence-electron chi connectivity index (χ1n) is 4.20. The molecule has 0 rings (SSSR count). The van der Waals surface area contributed by atoms with Crippen LogP contribution in [0, 0.1) is 0 Å². The van der Waals surface area contributed by atoms with Crippen LogP contribution in [0.4, 0.5) is 0 Å². The van der Waals surface area contributed by atoms with Gasteiger partial charge in [-0.3, -0.25) is 4.79 Å². The lowest BCUT2D eigenvalue weighted by Crippen LogP contribution is -2.10. The monoisotopic (exact) mass is 158 g/mol. The summed E-state index contributed by atoms with van der Waals surface area (Å²) in [6.45, 7) is 1.07. The van der Waals surface area contributed by atoms with Crippen LogP contribution in [-0.2, 0) is 4.79 Å². The van der Waals surface area contributed by atoms with Gasteiger partial charge in [-0.05, 0) is 26.4 Å². The van der Waals surface area contributed by atoms with E-state index in [0.29, 0.717) is 6.42 Å². The Kier molecular flexibility index (Phi) is 7.15. The van der Waals surface area contributed by atoms with Gasteiger partial charge in [0.25, 0.3) is 0 Å². The fourth-order valence-electron chi connectivity index (χ4n) is 0.955. The lowest BCUT2D eigenvalue weighted by molar-refractivity contribution is -0.118. The Labute approximate surface area is 68.3 Å². The summed E-state index contributed by atoms with van der Waals surface area (Å²) in [5, 5.41) is 3.08. The van der Waals surface area contributed by atoms with Gasteiger partial charge in [-0.15, -0.1) is 0 Å². The van der Waals surface area contributed by atoms with Gasteiger partial charge in [0.1, 0.15) is 0 Å². The predicted octanol–water partition coefficient (Wildman–Crippen LogP) is 0.642. The smallest absolute Gasteiger partial charge is 0.217 e. The van der Waals surface area contributed by atoms with Crippen LogP contribution in [-0.4, -0.2) is 19.5 Å². The third kappa shape index (κ3) is 9.43. The Morgan fingerprint density at radius 1 is 1.27 bits per heavy atom. The number of unbranched alkanes of at least 4 members (excludes halogenated alkanes) is 3. The van der Waals surface area contributed by atoms with Crippen molar-refractivity contribution in [3.05, 3.63) is 0 Å². The SMILES string of the molecule is CNCCCCCCC(N)=O. The Morgan fingerprint density at radius 3 is 2.45 bits per heavy atom. The maximum atomic E-state index is 10.3. The lowest BCUT2D eigenvalue weighted by atomic mass is 10.1. The molecule has 0 aliphatic heterocycles. The number of amides is 1. The molecular weight excluding hydrogens is 140 g/mol. The summed E-state index contributed by atoms with van der Waals surface area (Å²) in [4.78, 5) is 10.3. The van der Waals surface area contributed by atoms with Gasteiger partial charge in [0.2, 0.25) is 5.91 Å². The van der Waals surface area contributed by atoms with E-state index in [1.165, 1.54) is 12.8 Å². The van der Waals surface area contributed by atoms with Crippen LogP contribution >= 0.6 is 0 Å². The average Bonchev–Trinajstić information content (AvgIpc) is 1.96. The molecule has 3 heteroatoms. The summed E-state index contributed by atoms with van der Waals surface area (Å²) in [6.07, 6.45) is 4.98. The van der Waals surface area contributed by atoms with E-state index in [-0.39, 0.29) is 5.91 Å². The molecule has 0 aromatic heterocycles. The molecule has 0 radical (unpaired) electrons. The minimum absolute atomic E-state index is 0.182. The van der Waals surface area contributed by atoms with Crippen molar-refractivity contribution < 1.29 is 4.79 Å². The number of nitrogens with one attached hydrogen (secondary N) is 1. The molecule has 3 nitrogen and oxygen atoms in total. The maximum absolute atomic E-state index is 10.3. The first-order valence-corrected chi connectivity index (χ1v) is 4.20. The van der Waals surface area contributed by atoms with Crippen LogP contribution in [0.5, 0.6) is 0 Å². The van der Waals surface area contributed by atoms with E-state index >= 15 is 0 Å². The number of carbonyl (C=O) groups excluding carboxylic acids is 1. The molecule has 0 saturated heterocycles. The van der Waals surface area contributed by atoms with Crippen LogP contribution in [0.15, 0.2) is 0 Å². The molecule has 0 heterocycles. The quantitative estimate of drug-likeness (QED) is 0.534. The number of primary amides is 1. The van der Waals surface area contributed by atoms with E-state index in [0.717, 1.165) is 19.4 Å². The van der Waals surface area contributed by atoms with E-state index in [2.05, 4.69) is 5.32 Å². The van der Waals surface area contributed by atoms with Gasteiger partial charge < -0.3 is 11.1 Å². The second-order valence-corrected chi connectivity index (χ2v) is 2.73. The van der Waals surface area contributed by atoms with Crippen molar-refractivity contribution in [2.24, 2.45) is 5.73 Å². The highest BCUT2D eigenvalue weighted by atomic mass is 16.1. The maximum Gasteiger partial charge on any atom is 0.217 e. The molecule has 0 saturated carbocycles. The predicted molar refractivity (Wildman–Crippen MR) is 46.2 cm³/mol. The molecule has 0 aromatic carbocycles. The fraction of sp³-hybridized carbons (Fsp3) is 0.875. The van der Waals surface area contributed by atoms with Crippen molar-refractivity contribution in [2.75, 3.05) is 13.6 Å². The molecule has 1 amide bonds. The highest BCUT2D eigenvalue weighted by Gasteiger charge is 1.93. The summed E-state index contributed by atoms with van der Waals surface area (Å²) in [5.74, 6) is -0.182. The molecule has 66 valence electrons. The summed E-state index contributed by atoms with van der Waals surface area (Å²) in [6, 6.07) is 0. The number of nitrogens with two attached hydrogens (primary N) is 1. The first kappa shape index (κ1) is 10.4. The molecule has 0 spiro atoms. The Morgan fingerprint density at radius 2 is 1.91 bits per heavy atom. The topological polar surface area (TPSA) is 55.1 Å². The van der Waals surface area contributed by atoms with E-state index in [4.69, 9.17) is 5.73 Å². The molecular formula is C8H18N2O. The summed E-state index contributed by atoms with van der Waals surface area (Å²) in [7, 11) is 1.95. The molecule has 11 heavy (non-hydrogen) atoms. The number of hydrogen-bond acceptors (Lipinski definition) is 2. The van der Waals surface area contributed by atoms with Gasteiger partial charge in [0.15, 0.2) is 0 Å². The van der Waals surface area contributed by atoms with Crippen LogP contribution in [0.3, 0.4) is 0 Å². The largest absolute Gasteiger partial charge is 0.370 e. The molecule has 0 aliphatic carbocycles. The van der Waals surface area contributed by atoms with Gasteiger partial charge in [-0.2, -0.15) is 0 Å². The third-order valence-corrected chi connectivity index (χ3v) is 1.60. The second-order valence-electron chi connectivity index (χ2n) is 2.73. The average molecular weight is 158 g/mol. The number of rotatable bonds is 7. The molecule has 0 bridgehead atoms. The number of carbonyl (C=O) groups is 1. The second kappa shape index (κ2) is 7.54. The first-order chi connectivity index (χ1) is 5.27. The zero-order valence-corrected chi connectivity index (χ0v) is 7.23. The Balaban J connectivity index is 2.85. The van der Waals surface area contributed by atoms with Crippen LogP contribution in [0.1, 0.15) is 32.1 Å². The van der Waals surface area contributed by atoms with E-state index in [1.807, 2.05) is 7.05 Å². The van der Waals surface area contributed by atoms with Crippen LogP contribution in [0.25, 0.3) is 0 Å². The van der Waals surface area contributed by atoms with Gasteiger partial charge in [-0.25, -0.2) is 0 Å². The normalized spacial score (nSPS) is 9.91. The zero-order valence-electron chi connectivity index (χ0n) is 7.23. The highest BCUT2D eigenvalue weighted by Crippen LogP contribution is 2.01. The van der Waals surface area contributed by atoms with Crippen molar-refractivity contribution >= 4 is 5.91 Å². The van der Waals surface area contributed by atoms with Crippen molar-refractivity contribution in [1.29, 1.82) is 0 Å². The molecule has 0 aliphatic rings. The third-order valence-electron chi connectivity index (χ3n) is 1.60. The number of hydrogen-bond donors (Lipinski definition) is 2. The molecule has 3 N–H and O–H groups in total. The summed E-state index contributed by atoms with van der Waals surface area (Å²) < 4.78 is 0. The Hall–Kier alpha value is -0.570. The minimum atomic E-state index is -0.182. The van der Waals surface area contributed by atoms with Crippen LogP contribution < -0.4 is 11.1 Å². The minimum Gasteiger partial charge on any atom is -0.370 e. The Bertz CT molecular complexity index is 104. The standard InChI is InChI=1S/C8H18N2O/c1-10-7-5-3-2-4-6-8(9)11/h10H,2-7H2,1H3,(H2,9,11). The van der Waals surface area contributed by atoms with Crippen molar-refractivity contribution in [1.82, 2.24) is 5.32 Å². The van der Waals surface area contributed by atoms with E-state index < -0.39 is 0 Å². The molecule has 0 unspecified atom stereocenters. The summed E-state index contributed by atoms with van der Waals surface area (Å²) >= 11 is 0.